The minimum Gasteiger partial charge on any atom is -0.493 e. The van der Waals surface area contributed by atoms with Gasteiger partial charge in [0.15, 0.2) is 0 Å². The number of ether oxygens (including phenoxy) is 3. The summed E-state index contributed by atoms with van der Waals surface area (Å²) in [5.74, 6) is 1.86. The molecule has 0 bridgehead atoms. The zero-order valence-electron chi connectivity index (χ0n) is 10.9. The van der Waals surface area contributed by atoms with Gasteiger partial charge in [-0.2, -0.15) is 0 Å². The third-order valence-electron chi connectivity index (χ3n) is 3.67. The van der Waals surface area contributed by atoms with E-state index in [0.717, 1.165) is 31.3 Å². The van der Waals surface area contributed by atoms with E-state index < -0.39 is 0 Å². The van der Waals surface area contributed by atoms with E-state index in [2.05, 4.69) is 6.92 Å². The minimum absolute atomic E-state index is 0.196. The van der Waals surface area contributed by atoms with Gasteiger partial charge in [-0.3, -0.25) is 0 Å². The first-order valence-electron chi connectivity index (χ1n) is 6.71. The van der Waals surface area contributed by atoms with Crippen molar-refractivity contribution in [3.63, 3.8) is 0 Å². The van der Waals surface area contributed by atoms with E-state index in [1.54, 1.807) is 0 Å². The van der Waals surface area contributed by atoms with Crippen molar-refractivity contribution in [3.8, 4) is 11.5 Å². The maximum atomic E-state index is 5.81. The van der Waals surface area contributed by atoms with Gasteiger partial charge in [-0.1, -0.05) is 6.92 Å². The Balaban J connectivity index is 1.50. The molecule has 0 radical (unpaired) electrons. The Hall–Kier alpha value is -1.22. The molecule has 3 nitrogen and oxygen atoms in total. The van der Waals surface area contributed by atoms with E-state index in [0.29, 0.717) is 6.10 Å². The van der Waals surface area contributed by atoms with Gasteiger partial charge in [-0.25, -0.2) is 0 Å². The summed E-state index contributed by atoms with van der Waals surface area (Å²) in [6.45, 7) is 4.51. The molecule has 0 atom stereocenters. The third-order valence-corrected chi connectivity index (χ3v) is 3.67. The van der Waals surface area contributed by atoms with Crippen LogP contribution in [-0.2, 0) is 4.74 Å². The van der Waals surface area contributed by atoms with E-state index in [1.807, 2.05) is 24.3 Å². The highest BCUT2D eigenvalue weighted by atomic mass is 16.5. The molecular weight excluding hydrogens is 228 g/mol. The van der Waals surface area contributed by atoms with Gasteiger partial charge in [0.25, 0.3) is 0 Å². The van der Waals surface area contributed by atoms with Crippen LogP contribution in [0.15, 0.2) is 24.3 Å². The summed E-state index contributed by atoms with van der Waals surface area (Å²) in [6, 6.07) is 7.95. The molecule has 1 aromatic carbocycles. The van der Waals surface area contributed by atoms with Gasteiger partial charge in [0.1, 0.15) is 11.5 Å². The highest BCUT2D eigenvalue weighted by molar-refractivity contribution is 5.31. The fourth-order valence-electron chi connectivity index (χ4n) is 2.09. The Bertz CT molecular complexity index is 391. The fraction of sp³-hybridized carbons (Fsp3) is 0.600. The van der Waals surface area contributed by atoms with Crippen LogP contribution in [0.25, 0.3) is 0 Å². The van der Waals surface area contributed by atoms with Crippen LogP contribution in [0.4, 0.5) is 0 Å². The van der Waals surface area contributed by atoms with Crippen molar-refractivity contribution >= 4 is 0 Å². The average molecular weight is 248 g/mol. The van der Waals surface area contributed by atoms with Crippen LogP contribution in [0.2, 0.25) is 0 Å². The molecule has 98 valence electrons. The standard InChI is InChI=1S/C15H20O3/c1-15(9-16-10-15)11-17-12-5-7-14(8-6-12)18-13-3-2-4-13/h5-8,13H,2-4,9-11H2,1H3. The molecule has 1 saturated heterocycles. The smallest absolute Gasteiger partial charge is 0.119 e. The Labute approximate surface area is 108 Å². The van der Waals surface area contributed by atoms with Crippen molar-refractivity contribution in [3.05, 3.63) is 24.3 Å². The number of benzene rings is 1. The molecule has 2 aliphatic rings. The van der Waals surface area contributed by atoms with Crippen molar-refractivity contribution in [1.82, 2.24) is 0 Å². The van der Waals surface area contributed by atoms with Crippen molar-refractivity contribution in [2.24, 2.45) is 5.41 Å². The molecule has 2 fully saturated rings. The van der Waals surface area contributed by atoms with Crippen LogP contribution in [-0.4, -0.2) is 25.9 Å². The molecule has 0 aromatic heterocycles. The highest BCUT2D eigenvalue weighted by Gasteiger charge is 2.34. The summed E-state index contributed by atoms with van der Waals surface area (Å²) in [7, 11) is 0. The van der Waals surface area contributed by atoms with Crippen molar-refractivity contribution in [1.29, 1.82) is 0 Å². The lowest BCUT2D eigenvalue weighted by atomic mass is 9.90. The van der Waals surface area contributed by atoms with Crippen LogP contribution in [0.3, 0.4) is 0 Å². The van der Waals surface area contributed by atoms with Gasteiger partial charge >= 0.3 is 0 Å². The molecule has 1 heterocycles. The summed E-state index contributed by atoms with van der Waals surface area (Å²) in [5.41, 5.74) is 0.196. The molecule has 3 heteroatoms. The van der Waals surface area contributed by atoms with Crippen LogP contribution >= 0.6 is 0 Å². The number of hydrogen-bond acceptors (Lipinski definition) is 3. The summed E-state index contributed by atoms with van der Waals surface area (Å²) >= 11 is 0. The number of rotatable bonds is 5. The Morgan fingerprint density at radius 3 is 2.33 bits per heavy atom. The Morgan fingerprint density at radius 2 is 1.83 bits per heavy atom. The Kier molecular flexibility index (Phi) is 3.16. The van der Waals surface area contributed by atoms with Crippen molar-refractivity contribution in [2.45, 2.75) is 32.3 Å². The molecule has 1 aliphatic carbocycles. The van der Waals surface area contributed by atoms with Crippen molar-refractivity contribution < 1.29 is 14.2 Å². The monoisotopic (exact) mass is 248 g/mol. The topological polar surface area (TPSA) is 27.7 Å². The summed E-state index contributed by atoms with van der Waals surface area (Å²) in [4.78, 5) is 0. The first kappa shape index (κ1) is 11.8. The highest BCUT2D eigenvalue weighted by Crippen LogP contribution is 2.29. The van der Waals surface area contributed by atoms with Gasteiger partial charge < -0.3 is 14.2 Å². The molecule has 0 spiro atoms. The molecular formula is C15H20O3. The summed E-state index contributed by atoms with van der Waals surface area (Å²) in [6.07, 6.45) is 4.11. The number of hydrogen-bond donors (Lipinski definition) is 0. The minimum atomic E-state index is 0.196. The van der Waals surface area contributed by atoms with E-state index in [9.17, 15) is 0 Å². The zero-order chi connectivity index (χ0) is 12.4. The molecule has 1 saturated carbocycles. The van der Waals surface area contributed by atoms with E-state index in [4.69, 9.17) is 14.2 Å². The van der Waals surface area contributed by atoms with Gasteiger partial charge in [-0.15, -0.1) is 0 Å². The van der Waals surface area contributed by atoms with Crippen LogP contribution in [0.5, 0.6) is 11.5 Å². The maximum absolute atomic E-state index is 5.81. The molecule has 1 aliphatic heterocycles. The van der Waals surface area contributed by atoms with Crippen LogP contribution < -0.4 is 9.47 Å². The van der Waals surface area contributed by atoms with Gasteiger partial charge in [0.05, 0.1) is 25.9 Å². The molecule has 0 N–H and O–H groups in total. The second kappa shape index (κ2) is 4.81. The zero-order valence-corrected chi connectivity index (χ0v) is 10.9. The largest absolute Gasteiger partial charge is 0.493 e. The lowest BCUT2D eigenvalue weighted by Crippen LogP contribution is -2.44. The summed E-state index contributed by atoms with van der Waals surface area (Å²) in [5, 5.41) is 0. The first-order valence-corrected chi connectivity index (χ1v) is 6.71. The molecule has 3 rings (SSSR count). The predicted octanol–water partition coefficient (Wildman–Crippen LogP) is 3.03. The SMILES string of the molecule is CC1(COc2ccc(OC3CCC3)cc2)COC1. The Morgan fingerprint density at radius 1 is 1.17 bits per heavy atom. The predicted molar refractivity (Wildman–Crippen MR) is 69.1 cm³/mol. The second-order valence-corrected chi connectivity index (χ2v) is 5.73. The molecule has 0 unspecified atom stereocenters. The van der Waals surface area contributed by atoms with E-state index in [1.165, 1.54) is 19.3 Å². The lowest BCUT2D eigenvalue weighted by molar-refractivity contribution is -0.120. The normalized spacial score (nSPS) is 21.8. The third kappa shape index (κ3) is 2.61. The van der Waals surface area contributed by atoms with Crippen LogP contribution in [0, 0.1) is 5.41 Å². The van der Waals surface area contributed by atoms with Gasteiger partial charge in [-0.05, 0) is 43.5 Å². The van der Waals surface area contributed by atoms with Crippen molar-refractivity contribution in [2.75, 3.05) is 19.8 Å². The summed E-state index contributed by atoms with van der Waals surface area (Å²) < 4.78 is 16.8. The molecule has 0 amide bonds. The maximum Gasteiger partial charge on any atom is 0.119 e. The quantitative estimate of drug-likeness (QED) is 0.801. The average Bonchev–Trinajstić information content (AvgIpc) is 2.30. The second-order valence-electron chi connectivity index (χ2n) is 5.73. The molecule has 1 aromatic rings. The lowest BCUT2D eigenvalue weighted by Gasteiger charge is -2.37. The molecule has 18 heavy (non-hydrogen) atoms. The van der Waals surface area contributed by atoms with E-state index in [-0.39, 0.29) is 5.41 Å². The van der Waals surface area contributed by atoms with Crippen LogP contribution in [0.1, 0.15) is 26.2 Å². The first-order chi connectivity index (χ1) is 8.73. The van der Waals surface area contributed by atoms with Gasteiger partial charge in [0, 0.05) is 5.41 Å². The van der Waals surface area contributed by atoms with Gasteiger partial charge in [0.2, 0.25) is 0 Å². The fourth-order valence-corrected chi connectivity index (χ4v) is 2.09. The van der Waals surface area contributed by atoms with E-state index >= 15 is 0 Å².